The molecule has 0 aromatic heterocycles. The highest BCUT2D eigenvalue weighted by Gasteiger charge is 2.12. The van der Waals surface area contributed by atoms with Crippen molar-refractivity contribution in [3.8, 4) is 0 Å². The summed E-state index contributed by atoms with van der Waals surface area (Å²) in [5, 5.41) is 3.53. The molecular formula is C15H21NO. The zero-order valence-corrected chi connectivity index (χ0v) is 10.6. The number of rotatable bonds is 4. The van der Waals surface area contributed by atoms with Crippen LogP contribution in [0.3, 0.4) is 0 Å². The molecule has 1 heterocycles. The van der Waals surface area contributed by atoms with Gasteiger partial charge in [-0.1, -0.05) is 29.8 Å². The van der Waals surface area contributed by atoms with Gasteiger partial charge in [0.05, 0.1) is 6.26 Å². The zero-order chi connectivity index (χ0) is 12.1. The van der Waals surface area contributed by atoms with Crippen molar-refractivity contribution in [2.75, 3.05) is 6.54 Å². The van der Waals surface area contributed by atoms with E-state index in [4.69, 9.17) is 4.74 Å². The van der Waals surface area contributed by atoms with Gasteiger partial charge in [-0.3, -0.25) is 0 Å². The maximum absolute atomic E-state index is 5.54. The average molecular weight is 231 g/mol. The van der Waals surface area contributed by atoms with E-state index in [2.05, 4.69) is 49.5 Å². The van der Waals surface area contributed by atoms with Crippen LogP contribution < -0.4 is 5.32 Å². The quantitative estimate of drug-likeness (QED) is 0.858. The van der Waals surface area contributed by atoms with Crippen molar-refractivity contribution < 1.29 is 4.74 Å². The summed E-state index contributed by atoms with van der Waals surface area (Å²) in [4.78, 5) is 0. The van der Waals surface area contributed by atoms with Crippen molar-refractivity contribution >= 4 is 0 Å². The Morgan fingerprint density at radius 2 is 2.12 bits per heavy atom. The Kier molecular flexibility index (Phi) is 4.21. The van der Waals surface area contributed by atoms with E-state index in [9.17, 15) is 0 Å². The van der Waals surface area contributed by atoms with E-state index in [1.54, 1.807) is 0 Å². The van der Waals surface area contributed by atoms with Gasteiger partial charge in [-0.05, 0) is 38.3 Å². The van der Waals surface area contributed by atoms with Crippen molar-refractivity contribution in [1.29, 1.82) is 0 Å². The van der Waals surface area contributed by atoms with Crippen molar-refractivity contribution in [1.82, 2.24) is 5.32 Å². The van der Waals surface area contributed by atoms with Crippen LogP contribution in [-0.4, -0.2) is 12.6 Å². The molecule has 0 fully saturated rings. The molecule has 0 bridgehead atoms. The summed E-state index contributed by atoms with van der Waals surface area (Å²) >= 11 is 0. The Hall–Kier alpha value is -1.28. The summed E-state index contributed by atoms with van der Waals surface area (Å²) in [6.45, 7) is 5.23. The Bertz CT molecular complexity index is 369. The van der Waals surface area contributed by atoms with Crippen LogP contribution in [-0.2, 0) is 4.74 Å². The van der Waals surface area contributed by atoms with Crippen molar-refractivity contribution in [2.24, 2.45) is 0 Å². The highest BCUT2D eigenvalue weighted by Crippen LogP contribution is 2.15. The predicted octanol–water partition coefficient (Wildman–Crippen LogP) is 3.34. The number of allylic oxidation sites excluding steroid dienone is 1. The second-order valence-corrected chi connectivity index (χ2v) is 4.75. The molecule has 92 valence electrons. The smallest absolute Gasteiger partial charge is 0.110 e. The summed E-state index contributed by atoms with van der Waals surface area (Å²) in [7, 11) is 0. The molecular weight excluding hydrogens is 210 g/mol. The number of aryl methyl sites for hydroxylation is 1. The molecule has 2 nitrogen and oxygen atoms in total. The third-order valence-electron chi connectivity index (χ3n) is 3.25. The second kappa shape index (κ2) is 5.87. The van der Waals surface area contributed by atoms with E-state index in [1.807, 2.05) is 6.26 Å². The maximum Gasteiger partial charge on any atom is 0.110 e. The standard InChI is InChI=1S/C15H21NO/c1-12-6-8-14(9-7-12)13(2)16-11-15-5-3-4-10-17-15/h4,6-10,13,15-16H,3,5,11H2,1-2H3/t13-,15?/m0/s1. The monoisotopic (exact) mass is 231 g/mol. The van der Waals surface area contributed by atoms with Crippen molar-refractivity contribution in [3.63, 3.8) is 0 Å². The van der Waals surface area contributed by atoms with E-state index < -0.39 is 0 Å². The fraction of sp³-hybridized carbons (Fsp3) is 0.467. The number of benzene rings is 1. The Morgan fingerprint density at radius 3 is 2.76 bits per heavy atom. The van der Waals surface area contributed by atoms with Gasteiger partial charge < -0.3 is 10.1 Å². The van der Waals surface area contributed by atoms with Crippen LogP contribution in [0.5, 0.6) is 0 Å². The van der Waals surface area contributed by atoms with Gasteiger partial charge >= 0.3 is 0 Å². The molecule has 2 rings (SSSR count). The SMILES string of the molecule is Cc1ccc([C@H](C)NCC2CCC=CO2)cc1. The van der Waals surface area contributed by atoms with Crippen LogP contribution in [0.2, 0.25) is 0 Å². The second-order valence-electron chi connectivity index (χ2n) is 4.75. The summed E-state index contributed by atoms with van der Waals surface area (Å²) in [6.07, 6.45) is 6.48. The van der Waals surface area contributed by atoms with Crippen molar-refractivity contribution in [3.05, 3.63) is 47.7 Å². The van der Waals surface area contributed by atoms with Gasteiger partial charge in [0.1, 0.15) is 6.10 Å². The molecule has 0 amide bonds. The fourth-order valence-electron chi connectivity index (χ4n) is 2.02. The number of hydrogen-bond acceptors (Lipinski definition) is 2. The molecule has 17 heavy (non-hydrogen) atoms. The van der Waals surface area contributed by atoms with Crippen molar-refractivity contribution in [2.45, 2.75) is 38.8 Å². The Labute approximate surface area is 104 Å². The molecule has 0 saturated carbocycles. The first kappa shape index (κ1) is 12.2. The number of nitrogens with one attached hydrogen (secondary N) is 1. The number of hydrogen-bond donors (Lipinski definition) is 1. The van der Waals surface area contributed by atoms with Gasteiger partial charge in [0.15, 0.2) is 0 Å². The lowest BCUT2D eigenvalue weighted by Gasteiger charge is -2.22. The van der Waals surface area contributed by atoms with Gasteiger partial charge in [0.25, 0.3) is 0 Å². The molecule has 0 saturated heterocycles. The van der Waals surface area contributed by atoms with Gasteiger partial charge in [-0.2, -0.15) is 0 Å². The van der Waals surface area contributed by atoms with Crippen LogP contribution in [0.25, 0.3) is 0 Å². The normalized spacial score (nSPS) is 20.9. The van der Waals surface area contributed by atoms with Gasteiger partial charge in [-0.15, -0.1) is 0 Å². The molecule has 1 aliphatic rings. The molecule has 1 unspecified atom stereocenters. The summed E-state index contributed by atoms with van der Waals surface area (Å²) in [5.74, 6) is 0. The molecule has 0 aliphatic carbocycles. The lowest BCUT2D eigenvalue weighted by molar-refractivity contribution is 0.120. The fourth-order valence-corrected chi connectivity index (χ4v) is 2.02. The van der Waals surface area contributed by atoms with Crippen LogP contribution in [0.4, 0.5) is 0 Å². The van der Waals surface area contributed by atoms with E-state index in [0.717, 1.165) is 19.4 Å². The third kappa shape index (κ3) is 3.60. The molecule has 1 aromatic carbocycles. The molecule has 1 aromatic rings. The summed E-state index contributed by atoms with van der Waals surface area (Å²) < 4.78 is 5.54. The van der Waals surface area contributed by atoms with E-state index in [0.29, 0.717) is 12.1 Å². The molecule has 2 atom stereocenters. The minimum absolute atomic E-state index is 0.327. The average Bonchev–Trinajstić information content (AvgIpc) is 2.38. The van der Waals surface area contributed by atoms with Gasteiger partial charge in [0, 0.05) is 12.6 Å². The highest BCUT2D eigenvalue weighted by atomic mass is 16.5. The summed E-state index contributed by atoms with van der Waals surface area (Å²) in [5.41, 5.74) is 2.64. The van der Waals surface area contributed by atoms with Crippen LogP contribution in [0.15, 0.2) is 36.6 Å². The zero-order valence-electron chi connectivity index (χ0n) is 10.6. The molecule has 1 aliphatic heterocycles. The Morgan fingerprint density at radius 1 is 1.35 bits per heavy atom. The third-order valence-corrected chi connectivity index (χ3v) is 3.25. The predicted molar refractivity (Wildman–Crippen MR) is 70.8 cm³/mol. The molecule has 0 spiro atoms. The minimum Gasteiger partial charge on any atom is -0.497 e. The van der Waals surface area contributed by atoms with E-state index >= 15 is 0 Å². The summed E-state index contributed by atoms with van der Waals surface area (Å²) in [6, 6.07) is 9.08. The van der Waals surface area contributed by atoms with Crippen LogP contribution >= 0.6 is 0 Å². The van der Waals surface area contributed by atoms with Crippen LogP contribution in [0.1, 0.15) is 36.9 Å². The molecule has 1 N–H and O–H groups in total. The highest BCUT2D eigenvalue weighted by molar-refractivity contribution is 5.23. The number of ether oxygens (including phenoxy) is 1. The van der Waals surface area contributed by atoms with E-state index in [-0.39, 0.29) is 0 Å². The lowest BCUT2D eigenvalue weighted by atomic mass is 10.1. The first-order chi connectivity index (χ1) is 8.25. The maximum atomic E-state index is 5.54. The first-order valence-electron chi connectivity index (χ1n) is 6.36. The van der Waals surface area contributed by atoms with Gasteiger partial charge in [-0.25, -0.2) is 0 Å². The Balaban J connectivity index is 1.82. The van der Waals surface area contributed by atoms with Crippen LogP contribution in [0, 0.1) is 6.92 Å². The molecule has 2 heteroatoms. The molecule has 0 radical (unpaired) electrons. The van der Waals surface area contributed by atoms with Gasteiger partial charge in [0.2, 0.25) is 0 Å². The first-order valence-corrected chi connectivity index (χ1v) is 6.36. The largest absolute Gasteiger partial charge is 0.497 e. The lowest BCUT2D eigenvalue weighted by Crippen LogP contribution is -2.31. The topological polar surface area (TPSA) is 21.3 Å². The van der Waals surface area contributed by atoms with E-state index in [1.165, 1.54) is 11.1 Å². The minimum atomic E-state index is 0.327.